The monoisotopic (exact) mass is 569 g/mol. The molecule has 2 heterocycles. The number of para-hydroxylation sites is 1. The summed E-state index contributed by atoms with van der Waals surface area (Å²) in [6.07, 6.45) is -0.250. The van der Waals surface area contributed by atoms with E-state index in [9.17, 15) is 49.0 Å². The first-order valence-electron chi connectivity index (χ1n) is 12.5. The lowest BCUT2D eigenvalue weighted by Gasteiger charge is -2.44. The molecule has 216 valence electrons. The number of benzene rings is 2. The lowest BCUT2D eigenvalue weighted by Crippen LogP contribution is -2.65. The molecule has 2 aliphatic heterocycles. The molecule has 0 aliphatic carbocycles. The Labute approximate surface area is 232 Å². The highest BCUT2D eigenvalue weighted by molar-refractivity contribution is 6.61. The summed E-state index contributed by atoms with van der Waals surface area (Å²) in [6.45, 7) is -1.98. The Hall–Kier alpha value is -4.96. The van der Waals surface area contributed by atoms with Gasteiger partial charge in [0.2, 0.25) is 5.91 Å². The van der Waals surface area contributed by atoms with Crippen LogP contribution < -0.4 is 15.3 Å². The van der Waals surface area contributed by atoms with Gasteiger partial charge in [-0.2, -0.15) is 0 Å². The molecular weight excluding hydrogens is 543 g/mol. The van der Waals surface area contributed by atoms with Crippen molar-refractivity contribution in [3.63, 3.8) is 0 Å². The van der Waals surface area contributed by atoms with Gasteiger partial charge in [0.25, 0.3) is 0 Å². The van der Waals surface area contributed by atoms with Crippen LogP contribution in [-0.2, 0) is 20.8 Å². The summed E-state index contributed by atoms with van der Waals surface area (Å²) >= 11 is 0. The molecule has 0 spiro atoms. The van der Waals surface area contributed by atoms with Gasteiger partial charge in [0.15, 0.2) is 0 Å². The van der Waals surface area contributed by atoms with Crippen LogP contribution in [0.1, 0.15) is 44.8 Å². The van der Waals surface area contributed by atoms with Gasteiger partial charge in [0, 0.05) is 25.6 Å². The minimum absolute atomic E-state index is 0.0751. The van der Waals surface area contributed by atoms with E-state index < -0.39 is 54.4 Å². The molecule has 0 radical (unpaired) electrons. The quantitative estimate of drug-likeness (QED) is 0.177. The van der Waals surface area contributed by atoms with Crippen LogP contribution in [0.4, 0.5) is 4.79 Å². The second kappa shape index (κ2) is 11.3. The fourth-order valence-corrected chi connectivity index (χ4v) is 4.61. The largest absolute Gasteiger partial charge is 0.668 e. The number of aromatic carboxylic acids is 2. The number of hydrogen-bond donors (Lipinski definition) is 6. The predicted octanol–water partition coefficient (Wildman–Crippen LogP) is -0.893. The number of carbonyl (C=O) groups is 6. The minimum Gasteiger partial charge on any atom is -0.668 e. The molecule has 2 aromatic carbocycles. The number of amides is 5. The Balaban J connectivity index is 1.61. The second-order valence-corrected chi connectivity index (χ2v) is 9.45. The molecule has 41 heavy (non-hydrogen) atoms. The van der Waals surface area contributed by atoms with Crippen molar-refractivity contribution in [2.45, 2.75) is 25.3 Å². The molecular formula is C25H26BN4O11-. The van der Waals surface area contributed by atoms with Crippen molar-refractivity contribution in [2.24, 2.45) is 0 Å². The van der Waals surface area contributed by atoms with E-state index in [1.54, 1.807) is 6.92 Å². The highest BCUT2D eigenvalue weighted by atomic mass is 16.6. The second-order valence-electron chi connectivity index (χ2n) is 9.45. The first kappa shape index (κ1) is 29.0. The normalized spacial score (nSPS) is 18.6. The summed E-state index contributed by atoms with van der Waals surface area (Å²) in [5, 5.41) is 44.6. The van der Waals surface area contributed by atoms with E-state index in [1.807, 2.05) is 0 Å². The van der Waals surface area contributed by atoms with Gasteiger partial charge >= 0.3 is 36.5 Å². The summed E-state index contributed by atoms with van der Waals surface area (Å²) < 4.78 is 5.21. The Morgan fingerprint density at radius 3 is 2.29 bits per heavy atom. The van der Waals surface area contributed by atoms with Gasteiger partial charge in [0.1, 0.15) is 6.04 Å². The number of urea groups is 1. The summed E-state index contributed by atoms with van der Waals surface area (Å²) in [5.41, 5.74) is -0.0888. The Kier molecular flexibility index (Phi) is 7.98. The number of nitrogens with one attached hydrogen (secondary N) is 2. The first-order chi connectivity index (χ1) is 19.3. The SMILES string of the molecule is CCN1CCN(C(=O)N[C@@H](C(=O)N[C@H]2Cc3cccc(C(=O)O)c3O[B-]2(O)O)c2ccc(C(=O)O)cc2)C(=O)C1=O. The van der Waals surface area contributed by atoms with Crippen molar-refractivity contribution < 1.29 is 53.7 Å². The molecule has 0 saturated carbocycles. The zero-order valence-electron chi connectivity index (χ0n) is 21.6. The third-order valence-corrected chi connectivity index (χ3v) is 6.87. The Morgan fingerprint density at radius 2 is 1.68 bits per heavy atom. The standard InChI is InChI=1S/C25H26BN4O11/c1-2-29-10-11-30(22(33)21(29)32)25(38)28-18(13-6-8-14(9-7-13)23(34)35)20(31)27-17-12-15-4-3-5-16(24(36)37)19(15)41-26(17,39)40/h3-9,17-18,39-40H,2,10-12H2,1H3,(H,27,31)(H,28,38)(H,34,35)(H,36,37)/q-1/t17-,18+/m0/s1. The van der Waals surface area contributed by atoms with E-state index in [0.29, 0.717) is 4.90 Å². The lowest BCUT2D eigenvalue weighted by molar-refractivity contribution is -0.153. The highest BCUT2D eigenvalue weighted by Crippen LogP contribution is 2.33. The lowest BCUT2D eigenvalue weighted by atomic mass is 9.64. The molecule has 0 unspecified atom stereocenters. The van der Waals surface area contributed by atoms with E-state index in [0.717, 1.165) is 0 Å². The van der Waals surface area contributed by atoms with Crippen LogP contribution in [0, 0.1) is 0 Å². The molecule has 5 amide bonds. The van der Waals surface area contributed by atoms with Crippen molar-refractivity contribution in [1.82, 2.24) is 20.4 Å². The zero-order chi connectivity index (χ0) is 30.1. The van der Waals surface area contributed by atoms with Crippen LogP contribution in [0.3, 0.4) is 0 Å². The molecule has 4 rings (SSSR count). The van der Waals surface area contributed by atoms with Gasteiger partial charge in [0.05, 0.1) is 16.9 Å². The van der Waals surface area contributed by atoms with Gasteiger partial charge < -0.3 is 40.4 Å². The number of imide groups is 1. The fraction of sp³-hybridized carbons (Fsp3) is 0.280. The number of likely N-dealkylation sites (N-methyl/N-ethyl adjacent to an activating group) is 1. The predicted molar refractivity (Wildman–Crippen MR) is 138 cm³/mol. The van der Waals surface area contributed by atoms with Crippen LogP contribution in [-0.4, -0.2) is 98.1 Å². The van der Waals surface area contributed by atoms with E-state index >= 15 is 0 Å². The molecule has 6 N–H and O–H groups in total. The van der Waals surface area contributed by atoms with Gasteiger partial charge in [-0.3, -0.25) is 19.3 Å². The molecule has 15 nitrogen and oxygen atoms in total. The van der Waals surface area contributed by atoms with Crippen molar-refractivity contribution in [2.75, 3.05) is 19.6 Å². The minimum atomic E-state index is -3.84. The highest BCUT2D eigenvalue weighted by Gasteiger charge is 2.43. The smallest absolute Gasteiger partial charge is 0.452 e. The molecule has 1 saturated heterocycles. The van der Waals surface area contributed by atoms with Crippen molar-refractivity contribution in [3.05, 3.63) is 64.7 Å². The number of carbonyl (C=O) groups excluding carboxylic acids is 4. The molecule has 0 aromatic heterocycles. The van der Waals surface area contributed by atoms with Crippen LogP contribution >= 0.6 is 0 Å². The molecule has 0 bridgehead atoms. The van der Waals surface area contributed by atoms with Gasteiger partial charge in [-0.1, -0.05) is 24.3 Å². The number of fused-ring (bicyclic) bond motifs is 1. The van der Waals surface area contributed by atoms with Gasteiger partial charge in [-0.25, -0.2) is 14.4 Å². The van der Waals surface area contributed by atoms with E-state index in [-0.39, 0.29) is 54.1 Å². The maximum Gasteiger partial charge on any atom is 0.452 e. The molecule has 16 heteroatoms. The number of piperazine rings is 1. The van der Waals surface area contributed by atoms with Crippen molar-refractivity contribution in [3.8, 4) is 5.75 Å². The molecule has 2 atom stereocenters. The molecule has 2 aromatic rings. The van der Waals surface area contributed by atoms with Crippen LogP contribution in [0.25, 0.3) is 0 Å². The van der Waals surface area contributed by atoms with Gasteiger partial charge in [-0.15, -0.1) is 0 Å². The number of hydrogen-bond acceptors (Lipinski definition) is 9. The van der Waals surface area contributed by atoms with Crippen LogP contribution in [0.2, 0.25) is 0 Å². The number of carboxylic acid groups (broad SMARTS) is 2. The van der Waals surface area contributed by atoms with Crippen molar-refractivity contribution >= 4 is 42.4 Å². The molecule has 2 aliphatic rings. The first-order valence-corrected chi connectivity index (χ1v) is 12.5. The van der Waals surface area contributed by atoms with Crippen LogP contribution in [0.15, 0.2) is 42.5 Å². The topological polar surface area (TPSA) is 223 Å². The summed E-state index contributed by atoms with van der Waals surface area (Å²) in [5.74, 6) is -7.36. The maximum absolute atomic E-state index is 13.5. The maximum atomic E-state index is 13.5. The number of carboxylic acids is 2. The number of nitrogens with zero attached hydrogens (tertiary/aromatic N) is 2. The van der Waals surface area contributed by atoms with E-state index in [2.05, 4.69) is 10.6 Å². The Bertz CT molecular complexity index is 1430. The Morgan fingerprint density at radius 1 is 1.00 bits per heavy atom. The van der Waals surface area contributed by atoms with E-state index in [4.69, 9.17) is 4.65 Å². The summed E-state index contributed by atoms with van der Waals surface area (Å²) in [4.78, 5) is 76.1. The third-order valence-electron chi connectivity index (χ3n) is 6.87. The summed E-state index contributed by atoms with van der Waals surface area (Å²) in [6, 6.07) is 6.30. The molecule has 1 fully saturated rings. The average molecular weight is 569 g/mol. The zero-order valence-corrected chi connectivity index (χ0v) is 21.6. The van der Waals surface area contributed by atoms with Crippen LogP contribution in [0.5, 0.6) is 5.75 Å². The fourth-order valence-electron chi connectivity index (χ4n) is 4.61. The van der Waals surface area contributed by atoms with Gasteiger partial charge in [-0.05, 0) is 42.7 Å². The third kappa shape index (κ3) is 5.83. The van der Waals surface area contributed by atoms with E-state index in [1.165, 1.54) is 47.4 Å². The summed E-state index contributed by atoms with van der Waals surface area (Å²) in [7, 11) is 0. The average Bonchev–Trinajstić information content (AvgIpc) is 2.92. The number of rotatable bonds is 7. The van der Waals surface area contributed by atoms with Crippen molar-refractivity contribution in [1.29, 1.82) is 0 Å².